The predicted octanol–water partition coefficient (Wildman–Crippen LogP) is 4.57. The van der Waals surface area contributed by atoms with E-state index in [1.165, 1.54) is 13.4 Å². The zero-order chi connectivity index (χ0) is 20.9. The lowest BCUT2D eigenvalue weighted by Gasteiger charge is -2.12. The van der Waals surface area contributed by atoms with Crippen molar-refractivity contribution in [2.45, 2.75) is 18.7 Å². The second-order valence-corrected chi connectivity index (χ2v) is 8.95. The van der Waals surface area contributed by atoms with E-state index in [-0.39, 0.29) is 0 Å². The molecule has 1 atom stereocenters. The number of hydrogen-bond donors (Lipinski definition) is 0. The van der Waals surface area contributed by atoms with E-state index in [9.17, 15) is 9.00 Å². The fourth-order valence-electron chi connectivity index (χ4n) is 2.41. The fourth-order valence-corrected chi connectivity index (χ4v) is 4.20. The van der Waals surface area contributed by atoms with Crippen molar-refractivity contribution in [3.63, 3.8) is 0 Å². The van der Waals surface area contributed by atoms with Gasteiger partial charge < -0.3 is 9.64 Å². The van der Waals surface area contributed by atoms with Crippen LogP contribution in [0, 0.1) is 6.92 Å². The number of amides is 1. The van der Waals surface area contributed by atoms with E-state index in [1.807, 2.05) is 18.9 Å². The number of aliphatic imine (C=N–C) groups is 1. The number of benzene rings is 2. The van der Waals surface area contributed by atoms with Crippen molar-refractivity contribution in [1.29, 1.82) is 0 Å². The van der Waals surface area contributed by atoms with E-state index >= 15 is 0 Å². The van der Waals surface area contributed by atoms with Gasteiger partial charge in [0.25, 0.3) is 5.91 Å². The number of nitrogens with zero attached hydrogens (tertiary/aromatic N) is 3. The Morgan fingerprint density at radius 1 is 1.32 bits per heavy atom. The zero-order valence-corrected chi connectivity index (χ0v) is 18.2. The van der Waals surface area contributed by atoms with Gasteiger partial charge in [-0.1, -0.05) is 17.7 Å². The number of aryl methyl sites for hydroxylation is 1. The molecule has 6 nitrogen and oxygen atoms in total. The Hall–Kier alpha value is -2.38. The summed E-state index contributed by atoms with van der Waals surface area (Å²) in [4.78, 5) is 19.2. The first-order chi connectivity index (χ1) is 13.2. The maximum atomic E-state index is 13.2. The van der Waals surface area contributed by atoms with Gasteiger partial charge in [-0.2, -0.15) is 4.36 Å². The van der Waals surface area contributed by atoms with Crippen molar-refractivity contribution in [2.24, 2.45) is 9.36 Å². The third-order valence-corrected chi connectivity index (χ3v) is 6.19. The molecule has 0 heterocycles. The summed E-state index contributed by atoms with van der Waals surface area (Å²) in [5.41, 5.74) is 1.57. The van der Waals surface area contributed by atoms with Gasteiger partial charge in [0.2, 0.25) is 0 Å². The summed E-state index contributed by atoms with van der Waals surface area (Å²) >= 11 is 6.33. The van der Waals surface area contributed by atoms with Crippen molar-refractivity contribution in [3.8, 4) is 5.75 Å². The van der Waals surface area contributed by atoms with Gasteiger partial charge in [-0.15, -0.1) is 0 Å². The van der Waals surface area contributed by atoms with Gasteiger partial charge in [-0.3, -0.25) is 4.79 Å². The minimum atomic E-state index is -3.00. The van der Waals surface area contributed by atoms with Gasteiger partial charge in [-0.05, 0) is 49.7 Å². The van der Waals surface area contributed by atoms with Gasteiger partial charge in [-0.25, -0.2) is 9.20 Å². The van der Waals surface area contributed by atoms with Crippen molar-refractivity contribution in [3.05, 3.63) is 52.5 Å². The molecule has 8 heteroatoms. The third-order valence-electron chi connectivity index (χ3n) is 4.12. The third kappa shape index (κ3) is 5.33. The molecule has 0 bridgehead atoms. The summed E-state index contributed by atoms with van der Waals surface area (Å²) < 4.78 is 22.3. The first-order valence-electron chi connectivity index (χ1n) is 8.63. The first kappa shape index (κ1) is 21.9. The van der Waals surface area contributed by atoms with Crippen LogP contribution in [-0.4, -0.2) is 48.3 Å². The highest BCUT2D eigenvalue weighted by Gasteiger charge is 2.16. The average Bonchev–Trinajstić information content (AvgIpc) is 2.67. The highest BCUT2D eigenvalue weighted by atomic mass is 35.5. The Kier molecular flexibility index (Phi) is 7.21. The molecule has 0 spiro atoms. The Bertz CT molecular complexity index is 1030. The standard InChI is InChI=1S/C20H24ClN3O3S/c1-6-24(3)13-22-18-10-14(2)19(12-17(18)21)28(5,26)23-20(25)15-8-7-9-16(11-15)27-4/h7-13H,6H2,1-5H3/b22-13+. The van der Waals surface area contributed by atoms with Crippen LogP contribution in [-0.2, 0) is 9.73 Å². The average molecular weight is 422 g/mol. The van der Waals surface area contributed by atoms with Gasteiger partial charge in [0.15, 0.2) is 0 Å². The van der Waals surface area contributed by atoms with E-state index in [0.717, 1.165) is 6.54 Å². The molecule has 150 valence electrons. The van der Waals surface area contributed by atoms with Crippen LogP contribution in [0.1, 0.15) is 22.8 Å². The molecule has 1 unspecified atom stereocenters. The summed E-state index contributed by atoms with van der Waals surface area (Å²) in [6, 6.07) is 9.88. The molecule has 1 amide bonds. The van der Waals surface area contributed by atoms with Crippen LogP contribution in [0.3, 0.4) is 0 Å². The van der Waals surface area contributed by atoms with Crippen LogP contribution in [0.2, 0.25) is 5.02 Å². The largest absolute Gasteiger partial charge is 0.497 e. The highest BCUT2D eigenvalue weighted by molar-refractivity contribution is 7.93. The number of methoxy groups -OCH3 is 1. The predicted molar refractivity (Wildman–Crippen MR) is 115 cm³/mol. The molecule has 0 aliphatic heterocycles. The van der Waals surface area contributed by atoms with Gasteiger partial charge in [0.05, 0.1) is 38.8 Å². The number of halogens is 1. The molecule has 2 aromatic rings. The zero-order valence-electron chi connectivity index (χ0n) is 16.6. The molecule has 2 rings (SSSR count). The molecule has 0 saturated heterocycles. The van der Waals surface area contributed by atoms with Crippen molar-refractivity contribution >= 4 is 39.3 Å². The molecule has 0 aliphatic carbocycles. The second-order valence-electron chi connectivity index (χ2n) is 6.32. The van der Waals surface area contributed by atoms with Crippen LogP contribution in [0.5, 0.6) is 5.75 Å². The minimum Gasteiger partial charge on any atom is -0.497 e. The van der Waals surface area contributed by atoms with E-state index < -0.39 is 15.6 Å². The molecule has 0 aromatic heterocycles. The molecule has 0 N–H and O–H groups in total. The molecule has 0 fully saturated rings. The van der Waals surface area contributed by atoms with Crippen molar-refractivity contribution in [1.82, 2.24) is 4.90 Å². The Morgan fingerprint density at radius 2 is 2.04 bits per heavy atom. The Morgan fingerprint density at radius 3 is 2.68 bits per heavy atom. The molecule has 0 saturated carbocycles. The Balaban J connectivity index is 2.43. The monoisotopic (exact) mass is 421 g/mol. The molecule has 0 radical (unpaired) electrons. The summed E-state index contributed by atoms with van der Waals surface area (Å²) in [5.74, 6) is -0.0456. The van der Waals surface area contributed by atoms with E-state index in [1.54, 1.807) is 49.7 Å². The van der Waals surface area contributed by atoms with E-state index in [4.69, 9.17) is 16.3 Å². The van der Waals surface area contributed by atoms with E-state index in [2.05, 4.69) is 9.36 Å². The molecule has 2 aromatic carbocycles. The van der Waals surface area contributed by atoms with Gasteiger partial charge in [0.1, 0.15) is 5.75 Å². The summed E-state index contributed by atoms with van der Waals surface area (Å²) in [6.45, 7) is 4.62. The summed E-state index contributed by atoms with van der Waals surface area (Å²) in [6.07, 6.45) is 3.11. The minimum absolute atomic E-state index is 0.307. The van der Waals surface area contributed by atoms with Crippen molar-refractivity contribution < 1.29 is 13.7 Å². The van der Waals surface area contributed by atoms with Crippen LogP contribution in [0.4, 0.5) is 5.69 Å². The SMILES string of the molecule is CCN(C)/C=N/c1cc(C)c(S(C)(=O)=NC(=O)c2cccc(OC)c2)cc1Cl. The van der Waals surface area contributed by atoms with E-state index in [0.29, 0.717) is 32.5 Å². The number of ether oxygens (including phenoxy) is 1. The normalized spacial score (nSPS) is 13.2. The lowest BCUT2D eigenvalue weighted by atomic mass is 10.2. The van der Waals surface area contributed by atoms with Gasteiger partial charge in [0, 0.05) is 25.4 Å². The maximum Gasteiger partial charge on any atom is 0.285 e. The summed E-state index contributed by atoms with van der Waals surface area (Å²) in [5, 5.41) is 0.347. The number of carbonyl (C=O) groups is 1. The quantitative estimate of drug-likeness (QED) is 0.506. The van der Waals surface area contributed by atoms with Gasteiger partial charge >= 0.3 is 0 Å². The van der Waals surface area contributed by atoms with Crippen molar-refractivity contribution in [2.75, 3.05) is 27.0 Å². The number of hydrogen-bond acceptors (Lipinski definition) is 4. The second kappa shape index (κ2) is 9.21. The number of rotatable bonds is 6. The van der Waals surface area contributed by atoms with Crippen LogP contribution in [0.15, 0.2) is 50.6 Å². The lowest BCUT2D eigenvalue weighted by Crippen LogP contribution is -2.14. The number of carbonyl (C=O) groups excluding carboxylic acids is 1. The molecule has 0 aliphatic rings. The fraction of sp³-hybridized carbons (Fsp3) is 0.300. The molecule has 28 heavy (non-hydrogen) atoms. The highest BCUT2D eigenvalue weighted by Crippen LogP contribution is 2.31. The molecular weight excluding hydrogens is 398 g/mol. The topological polar surface area (TPSA) is 71.3 Å². The molecular formula is C20H24ClN3O3S. The smallest absolute Gasteiger partial charge is 0.285 e. The Labute approximate surface area is 171 Å². The lowest BCUT2D eigenvalue weighted by molar-refractivity contribution is 0.100. The first-order valence-corrected chi connectivity index (χ1v) is 10.9. The maximum absolute atomic E-state index is 13.2. The van der Waals surface area contributed by atoms with Crippen LogP contribution < -0.4 is 4.74 Å². The summed E-state index contributed by atoms with van der Waals surface area (Å²) in [7, 11) is 0.419. The van der Waals surface area contributed by atoms with Crippen LogP contribution in [0.25, 0.3) is 0 Å². The van der Waals surface area contributed by atoms with Crippen LogP contribution >= 0.6 is 11.6 Å².